The smallest absolute Gasteiger partial charge is 0.239 e. The lowest BCUT2D eigenvalue weighted by Gasteiger charge is -2.19. The number of aromatic nitrogens is 1. The van der Waals surface area contributed by atoms with E-state index in [0.717, 1.165) is 0 Å². The van der Waals surface area contributed by atoms with E-state index in [9.17, 15) is 8.42 Å². The van der Waals surface area contributed by atoms with E-state index in [1.807, 2.05) is 18.2 Å². The molecule has 0 aliphatic carbocycles. The molecule has 94 valence electrons. The van der Waals surface area contributed by atoms with Crippen LogP contribution in [0.5, 0.6) is 0 Å². The Bertz CT molecular complexity index is 597. The summed E-state index contributed by atoms with van der Waals surface area (Å²) in [4.78, 5) is 3.92. The standard InChI is InChI=1S/C13H14N2O2S/c1-15(13-7-3-2-4-8-13)18(16,17)11-12-6-5-9-14-10-12/h2-10H,11H2,1H3. The lowest BCUT2D eigenvalue weighted by atomic mass is 10.3. The van der Waals surface area contributed by atoms with Gasteiger partial charge in [0.1, 0.15) is 0 Å². The van der Waals surface area contributed by atoms with E-state index >= 15 is 0 Å². The molecule has 2 aromatic rings. The zero-order chi connectivity index (χ0) is 13.0. The summed E-state index contributed by atoms with van der Waals surface area (Å²) >= 11 is 0. The quantitative estimate of drug-likeness (QED) is 0.847. The number of sulfonamides is 1. The van der Waals surface area contributed by atoms with Crippen LogP contribution in [0, 0.1) is 0 Å². The highest BCUT2D eigenvalue weighted by Crippen LogP contribution is 2.17. The topological polar surface area (TPSA) is 50.3 Å². The molecule has 4 nitrogen and oxygen atoms in total. The summed E-state index contributed by atoms with van der Waals surface area (Å²) in [6, 6.07) is 12.5. The molecule has 0 aliphatic rings. The molecule has 2 rings (SSSR count). The number of nitrogens with zero attached hydrogens (tertiary/aromatic N) is 2. The van der Waals surface area contributed by atoms with E-state index in [2.05, 4.69) is 4.98 Å². The number of para-hydroxylation sites is 1. The summed E-state index contributed by atoms with van der Waals surface area (Å²) < 4.78 is 25.7. The minimum Gasteiger partial charge on any atom is -0.273 e. The summed E-state index contributed by atoms with van der Waals surface area (Å²) in [6.45, 7) is 0. The average molecular weight is 262 g/mol. The van der Waals surface area contributed by atoms with Crippen molar-refractivity contribution in [2.75, 3.05) is 11.4 Å². The Hall–Kier alpha value is -1.88. The third kappa shape index (κ3) is 2.87. The van der Waals surface area contributed by atoms with Crippen molar-refractivity contribution in [1.29, 1.82) is 0 Å². The van der Waals surface area contributed by atoms with Gasteiger partial charge >= 0.3 is 0 Å². The van der Waals surface area contributed by atoms with Crippen LogP contribution in [0.2, 0.25) is 0 Å². The lowest BCUT2D eigenvalue weighted by Crippen LogP contribution is -2.27. The normalized spacial score (nSPS) is 11.2. The van der Waals surface area contributed by atoms with Gasteiger partial charge in [-0.25, -0.2) is 8.42 Å². The summed E-state index contributed by atoms with van der Waals surface area (Å²) in [6.07, 6.45) is 3.19. The van der Waals surface area contributed by atoms with Crippen molar-refractivity contribution in [3.8, 4) is 0 Å². The minimum absolute atomic E-state index is 0.0494. The van der Waals surface area contributed by atoms with Crippen LogP contribution in [0.15, 0.2) is 54.9 Å². The summed E-state index contributed by atoms with van der Waals surface area (Å²) in [5.74, 6) is -0.0494. The maximum absolute atomic E-state index is 12.2. The van der Waals surface area contributed by atoms with Gasteiger partial charge in [0.2, 0.25) is 10.0 Å². The molecule has 0 unspecified atom stereocenters. The fourth-order valence-electron chi connectivity index (χ4n) is 1.59. The van der Waals surface area contributed by atoms with E-state index < -0.39 is 10.0 Å². The predicted octanol–water partition coefficient (Wildman–Crippen LogP) is 2.05. The molecule has 0 amide bonds. The highest BCUT2D eigenvalue weighted by molar-refractivity contribution is 7.92. The zero-order valence-corrected chi connectivity index (χ0v) is 10.8. The molecule has 0 spiro atoms. The number of hydrogen-bond donors (Lipinski definition) is 0. The van der Waals surface area contributed by atoms with E-state index in [0.29, 0.717) is 11.3 Å². The molecule has 1 aromatic heterocycles. The van der Waals surface area contributed by atoms with Gasteiger partial charge in [0.15, 0.2) is 0 Å². The highest BCUT2D eigenvalue weighted by atomic mass is 32.2. The zero-order valence-electron chi connectivity index (χ0n) is 10.0. The number of benzene rings is 1. The van der Waals surface area contributed by atoms with Crippen LogP contribution in [0.1, 0.15) is 5.56 Å². The Balaban J connectivity index is 2.22. The van der Waals surface area contributed by atoms with Crippen molar-refractivity contribution in [1.82, 2.24) is 4.98 Å². The minimum atomic E-state index is -3.37. The van der Waals surface area contributed by atoms with E-state index in [-0.39, 0.29) is 5.75 Å². The maximum Gasteiger partial charge on any atom is 0.239 e. The Morgan fingerprint density at radius 1 is 1.11 bits per heavy atom. The van der Waals surface area contributed by atoms with Crippen molar-refractivity contribution >= 4 is 15.7 Å². The van der Waals surface area contributed by atoms with Crippen LogP contribution in [0.25, 0.3) is 0 Å². The number of hydrogen-bond acceptors (Lipinski definition) is 3. The van der Waals surface area contributed by atoms with Gasteiger partial charge in [-0.1, -0.05) is 24.3 Å². The van der Waals surface area contributed by atoms with Gasteiger partial charge in [0.25, 0.3) is 0 Å². The second-order valence-electron chi connectivity index (χ2n) is 3.92. The molecule has 18 heavy (non-hydrogen) atoms. The van der Waals surface area contributed by atoms with Crippen LogP contribution < -0.4 is 4.31 Å². The molecule has 0 saturated carbocycles. The van der Waals surface area contributed by atoms with Gasteiger partial charge in [-0.2, -0.15) is 0 Å². The highest BCUT2D eigenvalue weighted by Gasteiger charge is 2.18. The second kappa shape index (κ2) is 5.18. The first-order valence-corrected chi connectivity index (χ1v) is 7.11. The van der Waals surface area contributed by atoms with Gasteiger partial charge in [0.05, 0.1) is 11.4 Å². The molecule has 5 heteroatoms. The summed E-state index contributed by atoms with van der Waals surface area (Å²) in [5, 5.41) is 0. The van der Waals surface area contributed by atoms with Gasteiger partial charge < -0.3 is 0 Å². The number of anilines is 1. The second-order valence-corrected chi connectivity index (χ2v) is 5.92. The molecule has 0 radical (unpaired) electrons. The molecule has 0 bridgehead atoms. The lowest BCUT2D eigenvalue weighted by molar-refractivity contribution is 0.593. The van der Waals surface area contributed by atoms with Gasteiger partial charge in [-0.15, -0.1) is 0 Å². The van der Waals surface area contributed by atoms with Crippen molar-refractivity contribution < 1.29 is 8.42 Å². The first kappa shape index (κ1) is 12.6. The van der Waals surface area contributed by atoms with Gasteiger partial charge in [-0.3, -0.25) is 9.29 Å². The van der Waals surface area contributed by atoms with Crippen LogP contribution in [-0.2, 0) is 15.8 Å². The number of pyridine rings is 1. The van der Waals surface area contributed by atoms with Crippen molar-refractivity contribution in [3.63, 3.8) is 0 Å². The third-order valence-electron chi connectivity index (χ3n) is 2.61. The molecule has 0 aliphatic heterocycles. The molecule has 0 saturated heterocycles. The summed E-state index contributed by atoms with van der Waals surface area (Å²) in [5.41, 5.74) is 1.33. The Morgan fingerprint density at radius 2 is 1.83 bits per heavy atom. The van der Waals surface area contributed by atoms with E-state index in [1.54, 1.807) is 43.7 Å². The van der Waals surface area contributed by atoms with Gasteiger partial charge in [0, 0.05) is 19.4 Å². The van der Waals surface area contributed by atoms with E-state index in [1.165, 1.54) is 4.31 Å². The first-order valence-electron chi connectivity index (χ1n) is 5.50. The third-order valence-corrected chi connectivity index (χ3v) is 4.35. The Kier molecular flexibility index (Phi) is 3.62. The maximum atomic E-state index is 12.2. The van der Waals surface area contributed by atoms with Crippen LogP contribution in [0.4, 0.5) is 5.69 Å². The molecule has 0 N–H and O–H groups in total. The average Bonchev–Trinajstić information content (AvgIpc) is 2.39. The molecular formula is C13H14N2O2S. The van der Waals surface area contributed by atoms with Crippen molar-refractivity contribution in [3.05, 3.63) is 60.4 Å². The SMILES string of the molecule is CN(c1ccccc1)S(=O)(=O)Cc1cccnc1. The molecule has 0 fully saturated rings. The summed E-state index contributed by atoms with van der Waals surface area (Å²) in [7, 11) is -1.82. The Labute approximate surface area is 107 Å². The number of rotatable bonds is 4. The monoisotopic (exact) mass is 262 g/mol. The van der Waals surface area contributed by atoms with Crippen molar-refractivity contribution in [2.45, 2.75) is 5.75 Å². The molecular weight excluding hydrogens is 248 g/mol. The fourth-order valence-corrected chi connectivity index (χ4v) is 2.82. The Morgan fingerprint density at radius 3 is 2.44 bits per heavy atom. The molecule has 1 heterocycles. The van der Waals surface area contributed by atoms with Crippen LogP contribution >= 0.6 is 0 Å². The first-order chi connectivity index (χ1) is 8.59. The molecule has 1 aromatic carbocycles. The fraction of sp³-hybridized carbons (Fsp3) is 0.154. The largest absolute Gasteiger partial charge is 0.273 e. The van der Waals surface area contributed by atoms with Crippen LogP contribution in [0.3, 0.4) is 0 Å². The molecule has 0 atom stereocenters. The van der Waals surface area contributed by atoms with Crippen LogP contribution in [-0.4, -0.2) is 20.4 Å². The predicted molar refractivity (Wildman–Crippen MR) is 71.7 cm³/mol. The van der Waals surface area contributed by atoms with E-state index in [4.69, 9.17) is 0 Å². The van der Waals surface area contributed by atoms with Crippen molar-refractivity contribution in [2.24, 2.45) is 0 Å². The van der Waals surface area contributed by atoms with Gasteiger partial charge in [-0.05, 0) is 23.8 Å².